The summed E-state index contributed by atoms with van der Waals surface area (Å²) < 4.78 is 30.6. The molecule has 6 atom stereocenters. The fraction of sp³-hybridized carbons (Fsp3) is 0.385. The second-order valence-electron chi connectivity index (χ2n) is 8.53. The SMILES string of the molecule is COC(c1ccc(-c2ccc(F)cc2)s1)c1cc([C@]2(OC)O[C@H](CO)[C@@H](O)[C@H](O)C2O)ccc1C. The Balaban J connectivity index is 1.73. The average Bonchev–Trinajstić information content (AvgIpc) is 3.35. The van der Waals surface area contributed by atoms with E-state index in [1.165, 1.54) is 30.6 Å². The number of aryl methyl sites for hydroxylation is 1. The van der Waals surface area contributed by atoms with E-state index in [-0.39, 0.29) is 5.82 Å². The van der Waals surface area contributed by atoms with E-state index in [9.17, 15) is 24.8 Å². The number of halogens is 1. The van der Waals surface area contributed by atoms with Crippen molar-refractivity contribution in [1.82, 2.24) is 0 Å². The Morgan fingerprint density at radius 3 is 2.37 bits per heavy atom. The zero-order chi connectivity index (χ0) is 25.3. The van der Waals surface area contributed by atoms with Crippen LogP contribution >= 0.6 is 11.3 Å². The Morgan fingerprint density at radius 1 is 1.03 bits per heavy atom. The number of hydrogen-bond donors (Lipinski definition) is 4. The molecule has 1 aliphatic heterocycles. The number of aliphatic hydroxyl groups is 4. The third kappa shape index (κ3) is 4.66. The molecule has 2 heterocycles. The maximum Gasteiger partial charge on any atom is 0.224 e. The first-order chi connectivity index (χ1) is 16.7. The molecule has 2 unspecified atom stereocenters. The lowest BCUT2D eigenvalue weighted by Gasteiger charge is -2.47. The first-order valence-corrected chi connectivity index (χ1v) is 11.9. The van der Waals surface area contributed by atoms with E-state index in [0.717, 1.165) is 26.4 Å². The van der Waals surface area contributed by atoms with E-state index >= 15 is 0 Å². The van der Waals surface area contributed by atoms with E-state index in [1.807, 2.05) is 25.1 Å². The number of thiophene rings is 1. The van der Waals surface area contributed by atoms with Crippen molar-refractivity contribution in [2.45, 2.75) is 43.2 Å². The summed E-state index contributed by atoms with van der Waals surface area (Å²) in [7, 11) is 2.91. The minimum atomic E-state index is -1.82. The molecule has 0 spiro atoms. The normalized spacial score (nSPS) is 27.7. The summed E-state index contributed by atoms with van der Waals surface area (Å²) in [6.45, 7) is 1.35. The molecule has 0 radical (unpaired) electrons. The Hall–Kier alpha value is -2.21. The standard InChI is InChI=1S/C26H29FO7S/c1-14-4-7-16(26(33-3)25(31)23(30)22(29)19(13-28)34-26)12-18(14)24(32-2)21-11-10-20(35-21)15-5-8-17(27)9-6-15/h4-12,19,22-25,28-31H,13H2,1-3H3/t19-,22-,23+,24?,25?,26+/m1/s1. The second-order valence-corrected chi connectivity index (χ2v) is 9.65. The Labute approximate surface area is 207 Å². The number of hydrogen-bond acceptors (Lipinski definition) is 8. The third-order valence-electron chi connectivity index (χ3n) is 6.47. The van der Waals surface area contributed by atoms with Crippen LogP contribution in [0.4, 0.5) is 4.39 Å². The predicted octanol–water partition coefficient (Wildman–Crippen LogP) is 2.87. The molecule has 0 amide bonds. The van der Waals surface area contributed by atoms with Crippen LogP contribution < -0.4 is 0 Å². The van der Waals surface area contributed by atoms with Crippen LogP contribution in [0.5, 0.6) is 0 Å². The van der Waals surface area contributed by atoms with Gasteiger partial charge in [0.15, 0.2) is 0 Å². The van der Waals surface area contributed by atoms with E-state index in [4.69, 9.17) is 14.2 Å². The van der Waals surface area contributed by atoms with Gasteiger partial charge in [0.2, 0.25) is 5.79 Å². The average molecular weight is 505 g/mol. The highest BCUT2D eigenvalue weighted by Gasteiger charge is 2.55. The molecule has 1 aromatic heterocycles. The van der Waals surface area contributed by atoms with Crippen LogP contribution in [-0.2, 0) is 20.0 Å². The molecule has 1 aliphatic rings. The van der Waals surface area contributed by atoms with Crippen molar-refractivity contribution in [3.05, 3.63) is 82.0 Å². The fourth-order valence-corrected chi connectivity index (χ4v) is 5.58. The van der Waals surface area contributed by atoms with E-state index in [2.05, 4.69) is 0 Å². The molecule has 4 N–H and O–H groups in total. The lowest BCUT2D eigenvalue weighted by molar-refractivity contribution is -0.366. The van der Waals surface area contributed by atoms with Gasteiger partial charge < -0.3 is 34.6 Å². The largest absolute Gasteiger partial charge is 0.394 e. The molecule has 0 saturated carbocycles. The number of ether oxygens (including phenoxy) is 3. The molecule has 35 heavy (non-hydrogen) atoms. The molecule has 188 valence electrons. The monoisotopic (exact) mass is 504 g/mol. The number of rotatable bonds is 7. The minimum Gasteiger partial charge on any atom is -0.394 e. The smallest absolute Gasteiger partial charge is 0.224 e. The predicted molar refractivity (Wildman–Crippen MR) is 128 cm³/mol. The van der Waals surface area contributed by atoms with Gasteiger partial charge in [-0.3, -0.25) is 0 Å². The quantitative estimate of drug-likeness (QED) is 0.392. The maximum absolute atomic E-state index is 13.3. The van der Waals surface area contributed by atoms with Gasteiger partial charge in [-0.25, -0.2) is 4.39 Å². The van der Waals surface area contributed by atoms with Gasteiger partial charge in [-0.15, -0.1) is 11.3 Å². The zero-order valence-corrected chi connectivity index (χ0v) is 20.4. The Bertz CT molecular complexity index is 1150. The van der Waals surface area contributed by atoms with Crippen LogP contribution in [0.25, 0.3) is 10.4 Å². The molecule has 3 aromatic rings. The molecule has 7 nitrogen and oxygen atoms in total. The number of benzene rings is 2. The number of methoxy groups -OCH3 is 2. The Morgan fingerprint density at radius 2 is 1.74 bits per heavy atom. The summed E-state index contributed by atoms with van der Waals surface area (Å²) >= 11 is 1.51. The van der Waals surface area contributed by atoms with Crippen molar-refractivity contribution >= 4 is 11.3 Å². The van der Waals surface area contributed by atoms with Crippen molar-refractivity contribution in [1.29, 1.82) is 0 Å². The zero-order valence-electron chi connectivity index (χ0n) is 19.6. The molecule has 1 saturated heterocycles. The van der Waals surface area contributed by atoms with Gasteiger partial charge in [0.1, 0.15) is 36.3 Å². The minimum absolute atomic E-state index is 0.298. The van der Waals surface area contributed by atoms with Gasteiger partial charge in [0.05, 0.1) is 6.61 Å². The molecule has 9 heteroatoms. The van der Waals surface area contributed by atoms with Gasteiger partial charge in [-0.05, 0) is 53.9 Å². The maximum atomic E-state index is 13.3. The summed E-state index contributed by atoms with van der Waals surface area (Å²) in [6.07, 6.45) is -6.32. The lowest BCUT2D eigenvalue weighted by Crippen LogP contribution is -2.64. The fourth-order valence-electron chi connectivity index (χ4n) is 4.47. The van der Waals surface area contributed by atoms with Gasteiger partial charge >= 0.3 is 0 Å². The van der Waals surface area contributed by atoms with Crippen LogP contribution in [0.15, 0.2) is 54.6 Å². The van der Waals surface area contributed by atoms with Crippen LogP contribution in [0, 0.1) is 12.7 Å². The summed E-state index contributed by atoms with van der Waals surface area (Å²) in [4.78, 5) is 1.87. The topological polar surface area (TPSA) is 109 Å². The molecule has 0 bridgehead atoms. The molecular formula is C26H29FO7S. The van der Waals surface area contributed by atoms with Gasteiger partial charge in [-0.2, -0.15) is 0 Å². The van der Waals surface area contributed by atoms with Crippen LogP contribution in [-0.4, -0.2) is 65.7 Å². The highest BCUT2D eigenvalue weighted by atomic mass is 32.1. The summed E-state index contributed by atoms with van der Waals surface area (Å²) in [5.74, 6) is -2.12. The second kappa shape index (κ2) is 10.4. The van der Waals surface area contributed by atoms with Crippen LogP contribution in [0.1, 0.15) is 27.7 Å². The van der Waals surface area contributed by atoms with Gasteiger partial charge in [0.25, 0.3) is 0 Å². The molecule has 2 aromatic carbocycles. The molecule has 4 rings (SSSR count). The van der Waals surface area contributed by atoms with Crippen molar-refractivity contribution in [2.24, 2.45) is 0 Å². The lowest BCUT2D eigenvalue weighted by atomic mass is 9.86. The van der Waals surface area contributed by atoms with Crippen LogP contribution in [0.2, 0.25) is 0 Å². The van der Waals surface area contributed by atoms with E-state index in [1.54, 1.807) is 31.4 Å². The highest BCUT2D eigenvalue weighted by Crippen LogP contribution is 2.42. The van der Waals surface area contributed by atoms with Crippen molar-refractivity contribution < 1.29 is 39.0 Å². The third-order valence-corrected chi connectivity index (χ3v) is 7.64. The van der Waals surface area contributed by atoms with E-state index in [0.29, 0.717) is 5.56 Å². The van der Waals surface area contributed by atoms with Crippen molar-refractivity contribution in [2.75, 3.05) is 20.8 Å². The van der Waals surface area contributed by atoms with Crippen molar-refractivity contribution in [3.8, 4) is 10.4 Å². The molecule has 1 fully saturated rings. The van der Waals surface area contributed by atoms with Gasteiger partial charge in [0, 0.05) is 29.5 Å². The summed E-state index contributed by atoms with van der Waals surface area (Å²) in [6, 6.07) is 15.5. The van der Waals surface area contributed by atoms with Crippen LogP contribution in [0.3, 0.4) is 0 Å². The van der Waals surface area contributed by atoms with Gasteiger partial charge in [-0.1, -0.05) is 24.3 Å². The number of aliphatic hydroxyl groups excluding tert-OH is 4. The Kier molecular flexibility index (Phi) is 7.70. The summed E-state index contributed by atoms with van der Waals surface area (Å²) in [5, 5.41) is 41.1. The van der Waals surface area contributed by atoms with E-state index < -0.39 is 42.9 Å². The van der Waals surface area contributed by atoms with Crippen molar-refractivity contribution in [3.63, 3.8) is 0 Å². The summed E-state index contributed by atoms with van der Waals surface area (Å²) in [5.41, 5.74) is 2.98. The first-order valence-electron chi connectivity index (χ1n) is 11.1. The molecular weight excluding hydrogens is 475 g/mol. The highest BCUT2D eigenvalue weighted by molar-refractivity contribution is 7.15. The first kappa shape index (κ1) is 25.9. The molecule has 0 aliphatic carbocycles.